The third kappa shape index (κ3) is 3.11. The Hall–Kier alpha value is -0.450. The molecule has 0 bridgehead atoms. The fraction of sp³-hybridized carbons (Fsp3) is 0.786. The molecule has 1 aliphatic carbocycles. The summed E-state index contributed by atoms with van der Waals surface area (Å²) in [6.45, 7) is 5.48. The van der Waals surface area contributed by atoms with Crippen LogP contribution in [-0.2, 0) is 13.0 Å². The summed E-state index contributed by atoms with van der Waals surface area (Å²) in [6, 6.07) is 0.429. The summed E-state index contributed by atoms with van der Waals surface area (Å²) in [6.07, 6.45) is 5.75. The van der Waals surface area contributed by atoms with Crippen LogP contribution in [-0.4, -0.2) is 22.7 Å². The molecule has 2 atom stereocenters. The standard InChI is InChI=1S/C14H24N2OS/c1-3-5-13-16-11(9-18-13)8-15-12-6-4-7-14(12,2)10-17/h9,12,15,17H,3-8,10H2,1-2H3/t12-,14+/m0/s1. The smallest absolute Gasteiger partial charge is 0.0928 e. The summed E-state index contributed by atoms with van der Waals surface area (Å²) in [5, 5.41) is 16.5. The van der Waals surface area contributed by atoms with E-state index in [0.717, 1.165) is 31.5 Å². The van der Waals surface area contributed by atoms with Crippen LogP contribution in [0.15, 0.2) is 5.38 Å². The van der Waals surface area contributed by atoms with E-state index in [0.29, 0.717) is 6.04 Å². The second-order valence-electron chi connectivity index (χ2n) is 5.62. The van der Waals surface area contributed by atoms with Gasteiger partial charge in [-0.2, -0.15) is 0 Å². The van der Waals surface area contributed by atoms with Crippen molar-refractivity contribution in [2.45, 2.75) is 58.5 Å². The molecule has 0 unspecified atom stereocenters. The van der Waals surface area contributed by atoms with E-state index in [1.54, 1.807) is 11.3 Å². The van der Waals surface area contributed by atoms with Crippen LogP contribution in [0.2, 0.25) is 0 Å². The Morgan fingerprint density at radius 1 is 1.61 bits per heavy atom. The summed E-state index contributed by atoms with van der Waals surface area (Å²) in [5.41, 5.74) is 1.21. The summed E-state index contributed by atoms with van der Waals surface area (Å²) in [7, 11) is 0. The zero-order chi connectivity index (χ0) is 13.0. The van der Waals surface area contributed by atoms with Crippen LogP contribution in [0, 0.1) is 5.41 Å². The van der Waals surface area contributed by atoms with Gasteiger partial charge in [0.1, 0.15) is 0 Å². The van der Waals surface area contributed by atoms with E-state index in [1.807, 2.05) is 0 Å². The van der Waals surface area contributed by atoms with E-state index in [2.05, 4.69) is 29.5 Å². The molecule has 0 amide bonds. The molecule has 1 aromatic heterocycles. The average molecular weight is 268 g/mol. The van der Waals surface area contributed by atoms with Crippen molar-refractivity contribution in [1.29, 1.82) is 0 Å². The number of aryl methyl sites for hydroxylation is 1. The fourth-order valence-electron chi connectivity index (χ4n) is 2.76. The predicted molar refractivity (Wildman–Crippen MR) is 75.8 cm³/mol. The molecule has 0 aliphatic heterocycles. The third-order valence-corrected chi connectivity index (χ3v) is 4.99. The zero-order valence-corrected chi connectivity index (χ0v) is 12.2. The van der Waals surface area contributed by atoms with E-state index >= 15 is 0 Å². The number of nitrogens with zero attached hydrogens (tertiary/aromatic N) is 1. The summed E-state index contributed by atoms with van der Waals surface area (Å²) in [4.78, 5) is 4.63. The molecule has 2 N–H and O–H groups in total. The highest BCUT2D eigenvalue weighted by molar-refractivity contribution is 7.09. The lowest BCUT2D eigenvalue weighted by Gasteiger charge is -2.30. The fourth-order valence-corrected chi connectivity index (χ4v) is 3.66. The minimum atomic E-state index is 0.0578. The van der Waals surface area contributed by atoms with Crippen LogP contribution in [0.5, 0.6) is 0 Å². The van der Waals surface area contributed by atoms with Crippen LogP contribution in [0.3, 0.4) is 0 Å². The van der Waals surface area contributed by atoms with Gasteiger partial charge in [0.15, 0.2) is 0 Å². The molecule has 102 valence electrons. The first-order chi connectivity index (χ1) is 8.68. The molecule has 18 heavy (non-hydrogen) atoms. The maximum atomic E-state index is 9.51. The molecule has 1 aromatic rings. The molecule has 4 heteroatoms. The van der Waals surface area contributed by atoms with Gasteiger partial charge in [-0.1, -0.05) is 20.3 Å². The van der Waals surface area contributed by atoms with Crippen molar-refractivity contribution >= 4 is 11.3 Å². The number of aliphatic hydroxyl groups is 1. The Morgan fingerprint density at radius 2 is 2.44 bits per heavy atom. The Labute approximate surface area is 114 Å². The van der Waals surface area contributed by atoms with E-state index < -0.39 is 0 Å². The van der Waals surface area contributed by atoms with Gasteiger partial charge in [0.25, 0.3) is 0 Å². The van der Waals surface area contributed by atoms with Crippen molar-refractivity contribution in [3.05, 3.63) is 16.1 Å². The number of rotatable bonds is 6. The topological polar surface area (TPSA) is 45.2 Å². The molecule has 1 heterocycles. The van der Waals surface area contributed by atoms with Crippen LogP contribution >= 0.6 is 11.3 Å². The van der Waals surface area contributed by atoms with Gasteiger partial charge in [-0.25, -0.2) is 4.98 Å². The van der Waals surface area contributed by atoms with Crippen molar-refractivity contribution in [2.75, 3.05) is 6.61 Å². The number of hydrogen-bond acceptors (Lipinski definition) is 4. The van der Waals surface area contributed by atoms with Gasteiger partial charge in [-0.3, -0.25) is 0 Å². The lowest BCUT2D eigenvalue weighted by Crippen LogP contribution is -2.41. The van der Waals surface area contributed by atoms with Gasteiger partial charge in [0.2, 0.25) is 0 Å². The largest absolute Gasteiger partial charge is 0.396 e. The second kappa shape index (κ2) is 6.13. The van der Waals surface area contributed by atoms with Gasteiger partial charge >= 0.3 is 0 Å². The highest BCUT2D eigenvalue weighted by atomic mass is 32.1. The van der Waals surface area contributed by atoms with Crippen LogP contribution in [0.25, 0.3) is 0 Å². The summed E-state index contributed by atoms with van der Waals surface area (Å²) >= 11 is 1.76. The monoisotopic (exact) mass is 268 g/mol. The first kappa shape index (κ1) is 14.0. The van der Waals surface area contributed by atoms with Gasteiger partial charge in [-0.15, -0.1) is 11.3 Å². The average Bonchev–Trinajstić information content (AvgIpc) is 2.95. The molecule has 0 aromatic carbocycles. The molecule has 0 saturated heterocycles. The number of thiazole rings is 1. The van der Waals surface area contributed by atoms with Crippen molar-refractivity contribution in [3.63, 3.8) is 0 Å². The van der Waals surface area contributed by atoms with Gasteiger partial charge in [0.05, 0.1) is 10.7 Å². The normalized spacial score (nSPS) is 27.8. The van der Waals surface area contributed by atoms with Crippen LogP contribution in [0.4, 0.5) is 0 Å². The quantitative estimate of drug-likeness (QED) is 0.834. The minimum absolute atomic E-state index is 0.0578. The molecule has 0 radical (unpaired) electrons. The van der Waals surface area contributed by atoms with Gasteiger partial charge in [-0.05, 0) is 25.7 Å². The number of nitrogens with one attached hydrogen (secondary N) is 1. The van der Waals surface area contributed by atoms with E-state index in [9.17, 15) is 5.11 Å². The lowest BCUT2D eigenvalue weighted by atomic mass is 9.86. The summed E-state index contributed by atoms with van der Waals surface area (Å²) in [5.74, 6) is 0. The maximum absolute atomic E-state index is 9.51. The zero-order valence-electron chi connectivity index (χ0n) is 11.4. The van der Waals surface area contributed by atoms with Crippen molar-refractivity contribution in [2.24, 2.45) is 5.41 Å². The molecule has 1 saturated carbocycles. The molecular weight excluding hydrogens is 244 g/mol. The van der Waals surface area contributed by atoms with Gasteiger partial charge < -0.3 is 10.4 Å². The predicted octanol–water partition coefficient (Wildman–Crippen LogP) is 2.74. The molecule has 0 spiro atoms. The number of hydrogen-bond donors (Lipinski definition) is 2. The highest BCUT2D eigenvalue weighted by Gasteiger charge is 2.37. The highest BCUT2D eigenvalue weighted by Crippen LogP contribution is 2.37. The first-order valence-corrected chi connectivity index (χ1v) is 7.83. The third-order valence-electron chi connectivity index (χ3n) is 4.04. The number of aromatic nitrogens is 1. The molecular formula is C14H24N2OS. The summed E-state index contributed by atoms with van der Waals surface area (Å²) < 4.78 is 0. The van der Waals surface area contributed by atoms with E-state index in [1.165, 1.54) is 17.8 Å². The Morgan fingerprint density at radius 3 is 3.17 bits per heavy atom. The minimum Gasteiger partial charge on any atom is -0.396 e. The Bertz CT molecular complexity index is 380. The van der Waals surface area contributed by atoms with E-state index in [-0.39, 0.29) is 12.0 Å². The lowest BCUT2D eigenvalue weighted by molar-refractivity contribution is 0.118. The van der Waals surface area contributed by atoms with Crippen molar-refractivity contribution in [3.8, 4) is 0 Å². The second-order valence-corrected chi connectivity index (χ2v) is 6.56. The Balaban J connectivity index is 1.87. The molecule has 2 rings (SSSR count). The van der Waals surface area contributed by atoms with Crippen LogP contribution in [0.1, 0.15) is 50.2 Å². The van der Waals surface area contributed by atoms with Crippen molar-refractivity contribution in [1.82, 2.24) is 10.3 Å². The molecule has 1 fully saturated rings. The van der Waals surface area contributed by atoms with Crippen molar-refractivity contribution < 1.29 is 5.11 Å². The van der Waals surface area contributed by atoms with Gasteiger partial charge in [0, 0.05) is 30.0 Å². The molecule has 1 aliphatic rings. The SMILES string of the molecule is CCCc1nc(CN[C@H]2CCC[C@]2(C)CO)cs1. The molecule has 3 nitrogen and oxygen atoms in total. The van der Waals surface area contributed by atoms with E-state index in [4.69, 9.17) is 0 Å². The number of aliphatic hydroxyl groups excluding tert-OH is 1. The Kier molecular flexibility index (Phi) is 4.76. The maximum Gasteiger partial charge on any atom is 0.0928 e. The first-order valence-electron chi connectivity index (χ1n) is 6.95. The van der Waals surface area contributed by atoms with Crippen LogP contribution < -0.4 is 5.32 Å².